The number of benzene rings is 2. The number of hydrogen-bond acceptors (Lipinski definition) is 5. The summed E-state index contributed by atoms with van der Waals surface area (Å²) < 4.78 is 31.4. The molecule has 0 radical (unpaired) electrons. The first kappa shape index (κ1) is 30.0. The van der Waals surface area contributed by atoms with Gasteiger partial charge in [0.1, 0.15) is 18.3 Å². The molecule has 8 nitrogen and oxygen atoms in total. The van der Waals surface area contributed by atoms with Crippen LogP contribution in [0.2, 0.25) is 15.1 Å². The van der Waals surface area contributed by atoms with Crippen LogP contribution in [0.4, 0.5) is 5.69 Å². The first-order chi connectivity index (χ1) is 16.8. The highest BCUT2D eigenvalue weighted by Crippen LogP contribution is 2.30. The second-order valence-corrected chi connectivity index (χ2v) is 11.5. The van der Waals surface area contributed by atoms with E-state index in [-0.39, 0.29) is 29.2 Å². The Hall–Kier alpha value is -2.20. The Morgan fingerprint density at radius 3 is 2.22 bits per heavy atom. The fraction of sp³-hybridized carbons (Fsp3) is 0.417. The molecule has 0 spiro atoms. The predicted molar refractivity (Wildman–Crippen MR) is 145 cm³/mol. The molecule has 2 rings (SSSR count). The maximum atomic E-state index is 13.6. The number of amides is 2. The number of carbonyl (C=O) groups excluding carboxylic acids is 2. The van der Waals surface area contributed by atoms with Gasteiger partial charge in [-0.25, -0.2) is 8.42 Å². The number of methoxy groups -OCH3 is 1. The number of anilines is 1. The first-order valence-corrected chi connectivity index (χ1v) is 14.1. The van der Waals surface area contributed by atoms with E-state index in [1.54, 1.807) is 25.1 Å². The Morgan fingerprint density at radius 1 is 1.03 bits per heavy atom. The molecule has 0 unspecified atom stereocenters. The highest BCUT2D eigenvalue weighted by atomic mass is 35.5. The van der Waals surface area contributed by atoms with Gasteiger partial charge in [-0.05, 0) is 56.2 Å². The Kier molecular flexibility index (Phi) is 10.7. The number of halogens is 3. The molecule has 2 atom stereocenters. The molecule has 0 saturated heterocycles. The Morgan fingerprint density at radius 2 is 1.69 bits per heavy atom. The molecule has 0 aliphatic rings. The molecule has 0 heterocycles. The fourth-order valence-electron chi connectivity index (χ4n) is 3.31. The molecular weight excluding hydrogens is 549 g/mol. The summed E-state index contributed by atoms with van der Waals surface area (Å²) in [7, 11) is -2.45. The van der Waals surface area contributed by atoms with Gasteiger partial charge in [-0.1, -0.05) is 47.8 Å². The molecule has 2 amide bonds. The lowest BCUT2D eigenvalue weighted by molar-refractivity contribution is -0.139. The second kappa shape index (κ2) is 12.9. The van der Waals surface area contributed by atoms with Crippen LogP contribution < -0.4 is 14.4 Å². The minimum atomic E-state index is -3.89. The summed E-state index contributed by atoms with van der Waals surface area (Å²) in [5.41, 5.74) is 0.808. The number of rotatable bonds is 11. The minimum Gasteiger partial charge on any atom is -0.495 e. The van der Waals surface area contributed by atoms with Gasteiger partial charge >= 0.3 is 0 Å². The van der Waals surface area contributed by atoms with E-state index >= 15 is 0 Å². The SMILES string of the molecule is CC[C@H](C)NC(=O)[C@@H](C)N(Cc1ccc(Cl)c(Cl)c1)C(=O)CN(c1ccc(OC)c(Cl)c1)S(C)(=O)=O. The zero-order chi connectivity index (χ0) is 27.2. The normalized spacial score (nSPS) is 13.0. The highest BCUT2D eigenvalue weighted by Gasteiger charge is 2.30. The van der Waals surface area contributed by atoms with Crippen LogP contribution in [0.25, 0.3) is 0 Å². The van der Waals surface area contributed by atoms with E-state index in [0.29, 0.717) is 27.8 Å². The van der Waals surface area contributed by atoms with Crippen molar-refractivity contribution in [3.05, 3.63) is 57.0 Å². The average molecular weight is 579 g/mol. The van der Waals surface area contributed by atoms with Gasteiger partial charge < -0.3 is 15.0 Å². The zero-order valence-electron chi connectivity index (χ0n) is 20.7. The number of carbonyl (C=O) groups is 2. The van der Waals surface area contributed by atoms with Crippen LogP contribution in [0.15, 0.2) is 36.4 Å². The molecule has 0 aromatic heterocycles. The lowest BCUT2D eigenvalue weighted by Gasteiger charge is -2.32. The van der Waals surface area contributed by atoms with Crippen LogP contribution in [0.3, 0.4) is 0 Å². The molecular formula is C24H30Cl3N3O5S. The third-order valence-electron chi connectivity index (χ3n) is 5.61. The van der Waals surface area contributed by atoms with Gasteiger partial charge in [0.25, 0.3) is 0 Å². The van der Waals surface area contributed by atoms with E-state index < -0.39 is 28.5 Å². The summed E-state index contributed by atoms with van der Waals surface area (Å²) in [6.07, 6.45) is 1.69. The molecule has 198 valence electrons. The third-order valence-corrected chi connectivity index (χ3v) is 7.78. The number of nitrogens with one attached hydrogen (secondary N) is 1. The molecule has 0 aliphatic carbocycles. The summed E-state index contributed by atoms with van der Waals surface area (Å²) in [6.45, 7) is 4.82. The van der Waals surface area contributed by atoms with Gasteiger partial charge in [0.15, 0.2) is 0 Å². The summed E-state index contributed by atoms with van der Waals surface area (Å²) >= 11 is 18.4. The van der Waals surface area contributed by atoms with Crippen molar-refractivity contribution < 1.29 is 22.7 Å². The average Bonchev–Trinajstić information content (AvgIpc) is 2.81. The van der Waals surface area contributed by atoms with Crippen LogP contribution in [0, 0.1) is 0 Å². The van der Waals surface area contributed by atoms with Gasteiger partial charge in [-0.3, -0.25) is 13.9 Å². The minimum absolute atomic E-state index is 0.00574. The quantitative estimate of drug-likeness (QED) is 0.415. The number of hydrogen-bond donors (Lipinski definition) is 1. The molecule has 0 bridgehead atoms. The topological polar surface area (TPSA) is 96.0 Å². The molecule has 0 saturated carbocycles. The summed E-state index contributed by atoms with van der Waals surface area (Å²) in [4.78, 5) is 27.8. The van der Waals surface area contributed by atoms with Crippen LogP contribution in [0.5, 0.6) is 5.75 Å². The zero-order valence-corrected chi connectivity index (χ0v) is 23.8. The molecule has 2 aromatic carbocycles. The van der Waals surface area contributed by atoms with Crippen molar-refractivity contribution in [1.82, 2.24) is 10.2 Å². The lowest BCUT2D eigenvalue weighted by Crippen LogP contribution is -2.52. The molecule has 0 aliphatic heterocycles. The largest absolute Gasteiger partial charge is 0.495 e. The van der Waals surface area contributed by atoms with E-state index in [1.165, 1.54) is 30.2 Å². The monoisotopic (exact) mass is 577 g/mol. The molecule has 36 heavy (non-hydrogen) atoms. The van der Waals surface area contributed by atoms with Crippen molar-refractivity contribution in [2.45, 2.75) is 45.8 Å². The van der Waals surface area contributed by atoms with Crippen LogP contribution in [-0.2, 0) is 26.2 Å². The van der Waals surface area contributed by atoms with E-state index in [4.69, 9.17) is 39.5 Å². The van der Waals surface area contributed by atoms with Gasteiger partial charge in [0.2, 0.25) is 21.8 Å². The fourth-order valence-corrected chi connectivity index (χ4v) is 4.72. The molecule has 2 aromatic rings. The highest BCUT2D eigenvalue weighted by molar-refractivity contribution is 7.92. The van der Waals surface area contributed by atoms with Crippen LogP contribution >= 0.6 is 34.8 Å². The Bertz CT molecular complexity index is 1210. The third kappa shape index (κ3) is 7.90. The van der Waals surface area contributed by atoms with E-state index in [1.807, 2.05) is 13.8 Å². The van der Waals surface area contributed by atoms with E-state index in [9.17, 15) is 18.0 Å². The number of ether oxygens (including phenoxy) is 1. The van der Waals surface area contributed by atoms with Crippen molar-refractivity contribution in [2.75, 3.05) is 24.2 Å². The van der Waals surface area contributed by atoms with Crippen LogP contribution in [-0.4, -0.2) is 57.1 Å². The second-order valence-electron chi connectivity index (χ2n) is 8.35. The predicted octanol–water partition coefficient (Wildman–Crippen LogP) is 4.75. The maximum absolute atomic E-state index is 13.6. The smallest absolute Gasteiger partial charge is 0.244 e. The van der Waals surface area contributed by atoms with Gasteiger partial charge in [-0.15, -0.1) is 0 Å². The van der Waals surface area contributed by atoms with Crippen molar-refractivity contribution >= 4 is 62.3 Å². The summed E-state index contributed by atoms with van der Waals surface area (Å²) in [5.74, 6) is -0.599. The molecule has 1 N–H and O–H groups in total. The Balaban J connectivity index is 2.44. The van der Waals surface area contributed by atoms with Gasteiger partial charge in [0.05, 0.1) is 34.1 Å². The van der Waals surface area contributed by atoms with Crippen molar-refractivity contribution in [3.63, 3.8) is 0 Å². The van der Waals surface area contributed by atoms with Gasteiger partial charge in [-0.2, -0.15) is 0 Å². The summed E-state index contributed by atoms with van der Waals surface area (Å²) in [6, 6.07) is 8.27. The molecule has 0 fully saturated rings. The standard InChI is InChI=1S/C24H30Cl3N3O5S/c1-6-15(2)28-24(32)16(3)29(13-17-7-9-19(25)20(26)11-17)23(31)14-30(36(5,33)34)18-8-10-22(35-4)21(27)12-18/h7-12,15-16H,6,13-14H2,1-5H3,(H,28,32)/t15-,16+/m0/s1. The van der Waals surface area contributed by atoms with Crippen molar-refractivity contribution in [2.24, 2.45) is 0 Å². The Labute approximate surface area is 227 Å². The van der Waals surface area contributed by atoms with Gasteiger partial charge in [0, 0.05) is 12.6 Å². The van der Waals surface area contributed by atoms with E-state index in [2.05, 4.69) is 5.32 Å². The van der Waals surface area contributed by atoms with Crippen molar-refractivity contribution in [1.29, 1.82) is 0 Å². The number of sulfonamides is 1. The van der Waals surface area contributed by atoms with Crippen LogP contribution in [0.1, 0.15) is 32.8 Å². The van der Waals surface area contributed by atoms with Crippen molar-refractivity contribution in [3.8, 4) is 5.75 Å². The number of nitrogens with zero attached hydrogens (tertiary/aromatic N) is 2. The lowest BCUT2D eigenvalue weighted by atomic mass is 10.1. The van der Waals surface area contributed by atoms with E-state index in [0.717, 1.165) is 10.6 Å². The molecule has 12 heteroatoms. The maximum Gasteiger partial charge on any atom is 0.244 e. The first-order valence-electron chi connectivity index (χ1n) is 11.1. The summed E-state index contributed by atoms with van der Waals surface area (Å²) in [5, 5.41) is 3.69.